The van der Waals surface area contributed by atoms with Gasteiger partial charge in [0.1, 0.15) is 5.75 Å². The Kier molecular flexibility index (Phi) is 9.55. The molecule has 0 saturated heterocycles. The second-order valence-corrected chi connectivity index (χ2v) is 6.40. The summed E-state index contributed by atoms with van der Waals surface area (Å²) >= 11 is 0. The maximum absolute atomic E-state index is 6.00. The fourth-order valence-corrected chi connectivity index (χ4v) is 2.91. The first-order chi connectivity index (χ1) is 12.7. The summed E-state index contributed by atoms with van der Waals surface area (Å²) in [6, 6.07) is 5.37. The molecule has 0 heterocycles. The number of methoxy groups -OCH3 is 1. The van der Waals surface area contributed by atoms with Crippen LogP contribution in [0.2, 0.25) is 0 Å². The first kappa shape index (κ1) is 20.8. The van der Waals surface area contributed by atoms with Crippen LogP contribution in [0.4, 0.5) is 11.4 Å². The van der Waals surface area contributed by atoms with E-state index in [4.69, 9.17) is 35.2 Å². The van der Waals surface area contributed by atoms with E-state index in [2.05, 4.69) is 0 Å². The average Bonchev–Trinajstić information content (AvgIpc) is 2.64. The van der Waals surface area contributed by atoms with Gasteiger partial charge in [-0.2, -0.15) is 0 Å². The molecule has 0 aromatic heterocycles. The second kappa shape index (κ2) is 12.0. The predicted molar refractivity (Wildman–Crippen MR) is 101 cm³/mol. The van der Waals surface area contributed by atoms with Gasteiger partial charge in [-0.25, -0.2) is 0 Å². The lowest BCUT2D eigenvalue weighted by Crippen LogP contribution is -2.29. The van der Waals surface area contributed by atoms with Gasteiger partial charge in [-0.1, -0.05) is 0 Å². The zero-order valence-electron chi connectivity index (χ0n) is 15.7. The molecule has 4 N–H and O–H groups in total. The predicted octanol–water partition coefficient (Wildman–Crippen LogP) is 2.24. The summed E-state index contributed by atoms with van der Waals surface area (Å²) in [4.78, 5) is 0. The maximum atomic E-state index is 6.00. The van der Waals surface area contributed by atoms with E-state index in [9.17, 15) is 0 Å². The van der Waals surface area contributed by atoms with Crippen molar-refractivity contribution < 1.29 is 23.7 Å². The Morgan fingerprint density at radius 2 is 1.46 bits per heavy atom. The van der Waals surface area contributed by atoms with Gasteiger partial charge in [0.05, 0.1) is 57.5 Å². The van der Waals surface area contributed by atoms with E-state index in [1.807, 2.05) is 12.1 Å². The molecule has 1 aliphatic carbocycles. The summed E-state index contributed by atoms with van der Waals surface area (Å²) in [6.07, 6.45) is 4.35. The van der Waals surface area contributed by atoms with Crippen LogP contribution in [0, 0.1) is 0 Å². The molecular formula is C19H32N2O5. The topological polar surface area (TPSA) is 98.2 Å². The van der Waals surface area contributed by atoms with Crippen LogP contribution >= 0.6 is 0 Å². The summed E-state index contributed by atoms with van der Waals surface area (Å²) in [5.41, 5.74) is 12.9. The molecule has 1 aliphatic rings. The molecule has 7 nitrogen and oxygen atoms in total. The number of nitrogen functional groups attached to an aromatic ring is 2. The van der Waals surface area contributed by atoms with E-state index < -0.39 is 0 Å². The molecule has 26 heavy (non-hydrogen) atoms. The van der Waals surface area contributed by atoms with E-state index in [-0.39, 0.29) is 12.2 Å². The van der Waals surface area contributed by atoms with Gasteiger partial charge in [-0.3, -0.25) is 0 Å². The maximum Gasteiger partial charge on any atom is 0.142 e. The monoisotopic (exact) mass is 368 g/mol. The molecule has 0 aliphatic heterocycles. The smallest absolute Gasteiger partial charge is 0.142 e. The standard InChI is InChI=1S/C19H32N2O5/c1-22-8-9-23-10-11-24-12-13-25-16-3-5-17(6-4-16)26-19-7-2-15(20)14-18(19)21/h2,7,14,16-17H,3-6,8-13,20-21H2,1H3. The quantitative estimate of drug-likeness (QED) is 0.431. The van der Waals surface area contributed by atoms with Crippen molar-refractivity contribution in [1.29, 1.82) is 0 Å². The molecule has 2 rings (SSSR count). The van der Waals surface area contributed by atoms with Crippen LogP contribution in [0.1, 0.15) is 25.7 Å². The molecule has 0 amide bonds. The van der Waals surface area contributed by atoms with Crippen molar-refractivity contribution >= 4 is 11.4 Å². The highest BCUT2D eigenvalue weighted by Crippen LogP contribution is 2.29. The van der Waals surface area contributed by atoms with Gasteiger partial charge in [0.15, 0.2) is 0 Å². The highest BCUT2D eigenvalue weighted by Gasteiger charge is 2.23. The zero-order valence-corrected chi connectivity index (χ0v) is 15.7. The van der Waals surface area contributed by atoms with Crippen LogP contribution in [-0.2, 0) is 18.9 Å². The van der Waals surface area contributed by atoms with Crippen LogP contribution in [0.3, 0.4) is 0 Å². The Balaban J connectivity index is 1.51. The number of rotatable bonds is 12. The Morgan fingerprint density at radius 1 is 0.846 bits per heavy atom. The summed E-state index contributed by atoms with van der Waals surface area (Å²) in [6.45, 7) is 3.58. The van der Waals surface area contributed by atoms with E-state index in [0.717, 1.165) is 25.7 Å². The summed E-state index contributed by atoms with van der Waals surface area (Å²) in [7, 11) is 1.66. The fourth-order valence-electron chi connectivity index (χ4n) is 2.91. The van der Waals surface area contributed by atoms with Crippen molar-refractivity contribution in [3.05, 3.63) is 18.2 Å². The normalized spacial score (nSPS) is 20.2. The van der Waals surface area contributed by atoms with Crippen LogP contribution in [0.5, 0.6) is 5.75 Å². The highest BCUT2D eigenvalue weighted by atomic mass is 16.6. The van der Waals surface area contributed by atoms with E-state index in [1.165, 1.54) is 0 Å². The van der Waals surface area contributed by atoms with Crippen LogP contribution < -0.4 is 16.2 Å². The fraction of sp³-hybridized carbons (Fsp3) is 0.684. The van der Waals surface area contributed by atoms with E-state index in [0.29, 0.717) is 56.8 Å². The Hall–Kier alpha value is -1.54. The molecule has 0 spiro atoms. The number of ether oxygens (including phenoxy) is 5. The molecule has 0 atom stereocenters. The highest BCUT2D eigenvalue weighted by molar-refractivity contribution is 5.60. The van der Waals surface area contributed by atoms with E-state index in [1.54, 1.807) is 13.2 Å². The molecule has 0 radical (unpaired) electrons. The van der Waals surface area contributed by atoms with Crippen molar-refractivity contribution in [2.45, 2.75) is 37.9 Å². The molecule has 0 unspecified atom stereocenters. The molecule has 7 heteroatoms. The van der Waals surface area contributed by atoms with Crippen LogP contribution in [-0.4, -0.2) is 59.0 Å². The second-order valence-electron chi connectivity index (χ2n) is 6.40. The lowest BCUT2D eigenvalue weighted by atomic mass is 9.95. The zero-order chi connectivity index (χ0) is 18.6. The number of anilines is 2. The molecule has 1 saturated carbocycles. The SMILES string of the molecule is COCCOCCOCCOC1CCC(Oc2ccc(N)cc2N)CC1. The molecular weight excluding hydrogens is 336 g/mol. The van der Waals surface area contributed by atoms with Crippen molar-refractivity contribution in [2.24, 2.45) is 0 Å². The van der Waals surface area contributed by atoms with Gasteiger partial charge in [0, 0.05) is 12.8 Å². The third-order valence-electron chi connectivity index (χ3n) is 4.33. The van der Waals surface area contributed by atoms with Crippen LogP contribution in [0.25, 0.3) is 0 Å². The first-order valence-corrected chi connectivity index (χ1v) is 9.26. The molecule has 0 bridgehead atoms. The average molecular weight is 368 g/mol. The number of nitrogens with two attached hydrogens (primary N) is 2. The summed E-state index contributed by atoms with van der Waals surface area (Å²) < 4.78 is 27.6. The minimum absolute atomic E-state index is 0.182. The number of hydrogen-bond donors (Lipinski definition) is 2. The minimum Gasteiger partial charge on any atom is -0.488 e. The number of hydrogen-bond acceptors (Lipinski definition) is 7. The largest absolute Gasteiger partial charge is 0.488 e. The Morgan fingerprint density at radius 3 is 2.12 bits per heavy atom. The van der Waals surface area contributed by atoms with Crippen molar-refractivity contribution in [3.8, 4) is 5.75 Å². The van der Waals surface area contributed by atoms with Crippen LogP contribution in [0.15, 0.2) is 18.2 Å². The van der Waals surface area contributed by atoms with Gasteiger partial charge in [-0.05, 0) is 43.9 Å². The van der Waals surface area contributed by atoms with Gasteiger partial charge in [0.25, 0.3) is 0 Å². The van der Waals surface area contributed by atoms with Gasteiger partial charge >= 0.3 is 0 Å². The third-order valence-corrected chi connectivity index (χ3v) is 4.33. The number of benzene rings is 1. The first-order valence-electron chi connectivity index (χ1n) is 9.26. The lowest BCUT2D eigenvalue weighted by molar-refractivity contribution is -0.0350. The van der Waals surface area contributed by atoms with Gasteiger partial charge in [-0.15, -0.1) is 0 Å². The van der Waals surface area contributed by atoms with E-state index >= 15 is 0 Å². The van der Waals surface area contributed by atoms with Gasteiger partial charge in [0.2, 0.25) is 0 Å². The van der Waals surface area contributed by atoms with Crippen molar-refractivity contribution in [1.82, 2.24) is 0 Å². The van der Waals surface area contributed by atoms with Gasteiger partial charge < -0.3 is 35.2 Å². The Bertz CT molecular complexity index is 507. The molecule has 1 fully saturated rings. The summed E-state index contributed by atoms with van der Waals surface area (Å²) in [5, 5.41) is 0. The molecule has 1 aromatic carbocycles. The lowest BCUT2D eigenvalue weighted by Gasteiger charge is -2.29. The minimum atomic E-state index is 0.182. The molecule has 1 aromatic rings. The van der Waals surface area contributed by atoms with Crippen molar-refractivity contribution in [2.75, 3.05) is 58.2 Å². The summed E-state index contributed by atoms with van der Waals surface area (Å²) in [5.74, 6) is 0.713. The third kappa shape index (κ3) is 7.78. The molecule has 148 valence electrons. The van der Waals surface area contributed by atoms with Crippen molar-refractivity contribution in [3.63, 3.8) is 0 Å². The Labute approximate surface area is 155 Å².